The molecule has 1 N–H and O–H groups in total. The van der Waals surface area contributed by atoms with Gasteiger partial charge in [0.15, 0.2) is 5.41 Å². The number of rotatable bonds is 2. The van der Waals surface area contributed by atoms with Gasteiger partial charge in [-0.05, 0) is 25.8 Å². The molecule has 1 atom stereocenters. The highest BCUT2D eigenvalue weighted by atomic mass is 19.4. The maximum Gasteiger partial charge on any atom is 0.404 e. The fraction of sp³-hybridized carbons (Fsp3) is 0.917. The van der Waals surface area contributed by atoms with Crippen molar-refractivity contribution in [3.63, 3.8) is 0 Å². The van der Waals surface area contributed by atoms with Crippen LogP contribution in [0.2, 0.25) is 0 Å². The van der Waals surface area contributed by atoms with Crippen molar-refractivity contribution in [1.82, 2.24) is 10.2 Å². The molecule has 2 fully saturated rings. The number of nitrogens with one attached hydrogen (secondary N) is 1. The number of likely N-dealkylation sites (tertiary alicyclic amines) is 1. The number of amides is 1. The molecular weight excluding hydrogens is 261 g/mol. The fourth-order valence-electron chi connectivity index (χ4n) is 2.83. The lowest BCUT2D eigenvalue weighted by atomic mass is 9.84. The number of alkyl halides is 3. The molecular formula is C12H19F3N2O2. The lowest BCUT2D eigenvalue weighted by Crippen LogP contribution is -2.55. The Kier molecular flexibility index (Phi) is 4.06. The van der Waals surface area contributed by atoms with E-state index in [2.05, 4.69) is 5.32 Å². The highest BCUT2D eigenvalue weighted by Crippen LogP contribution is 2.44. The van der Waals surface area contributed by atoms with Crippen LogP contribution in [0.4, 0.5) is 13.2 Å². The van der Waals surface area contributed by atoms with Crippen molar-refractivity contribution in [2.75, 3.05) is 33.3 Å². The van der Waals surface area contributed by atoms with E-state index in [9.17, 15) is 18.0 Å². The van der Waals surface area contributed by atoms with Gasteiger partial charge in [0.25, 0.3) is 0 Å². The van der Waals surface area contributed by atoms with Crippen LogP contribution in [-0.4, -0.2) is 56.4 Å². The Bertz CT molecular complexity index is 332. The molecule has 19 heavy (non-hydrogen) atoms. The third-order valence-electron chi connectivity index (χ3n) is 4.17. The SMILES string of the molecule is COC1CCN(C(=O)C2(C(F)(F)F)CCNC2)CC1. The Morgan fingerprint density at radius 2 is 2.00 bits per heavy atom. The smallest absolute Gasteiger partial charge is 0.381 e. The minimum absolute atomic E-state index is 0.0487. The van der Waals surface area contributed by atoms with Crippen molar-refractivity contribution in [3.8, 4) is 0 Å². The first-order valence-corrected chi connectivity index (χ1v) is 6.50. The Hall–Kier alpha value is -0.820. The summed E-state index contributed by atoms with van der Waals surface area (Å²) in [6.45, 7) is 0.615. The molecule has 0 aromatic rings. The first kappa shape index (κ1) is 14.6. The highest BCUT2D eigenvalue weighted by Gasteiger charge is 2.62. The van der Waals surface area contributed by atoms with Crippen molar-refractivity contribution in [2.24, 2.45) is 5.41 Å². The Balaban J connectivity index is 2.09. The predicted octanol–water partition coefficient (Wildman–Crippen LogP) is 1.17. The zero-order valence-corrected chi connectivity index (χ0v) is 10.9. The lowest BCUT2D eigenvalue weighted by Gasteiger charge is -2.38. The molecule has 110 valence electrons. The fourth-order valence-corrected chi connectivity index (χ4v) is 2.83. The van der Waals surface area contributed by atoms with Crippen molar-refractivity contribution in [3.05, 3.63) is 0 Å². The summed E-state index contributed by atoms with van der Waals surface area (Å²) in [5.41, 5.74) is -2.23. The molecule has 0 saturated carbocycles. The molecule has 0 bridgehead atoms. The topological polar surface area (TPSA) is 41.6 Å². The number of ether oxygens (including phenoxy) is 1. The molecule has 2 aliphatic rings. The van der Waals surface area contributed by atoms with Gasteiger partial charge in [-0.25, -0.2) is 0 Å². The second kappa shape index (κ2) is 5.28. The van der Waals surface area contributed by atoms with Crippen molar-refractivity contribution >= 4 is 5.91 Å². The first-order valence-electron chi connectivity index (χ1n) is 6.50. The highest BCUT2D eigenvalue weighted by molar-refractivity contribution is 5.84. The van der Waals surface area contributed by atoms with Gasteiger partial charge < -0.3 is 15.0 Å². The average molecular weight is 280 g/mol. The molecule has 1 amide bonds. The van der Waals surface area contributed by atoms with E-state index in [1.54, 1.807) is 7.11 Å². The van der Waals surface area contributed by atoms with Gasteiger partial charge in [-0.3, -0.25) is 4.79 Å². The monoisotopic (exact) mass is 280 g/mol. The second-order valence-corrected chi connectivity index (χ2v) is 5.23. The number of carbonyl (C=O) groups is 1. The number of carbonyl (C=O) groups excluding carboxylic acids is 1. The number of nitrogens with zero attached hydrogens (tertiary/aromatic N) is 1. The van der Waals surface area contributed by atoms with Crippen LogP contribution in [0.15, 0.2) is 0 Å². The maximum absolute atomic E-state index is 13.3. The molecule has 2 saturated heterocycles. The zero-order valence-electron chi connectivity index (χ0n) is 10.9. The molecule has 0 aliphatic carbocycles. The molecule has 4 nitrogen and oxygen atoms in total. The number of halogens is 3. The number of hydrogen-bond acceptors (Lipinski definition) is 3. The predicted molar refractivity (Wildman–Crippen MR) is 62.6 cm³/mol. The quantitative estimate of drug-likeness (QED) is 0.825. The van der Waals surface area contributed by atoms with Crippen LogP contribution in [0.25, 0.3) is 0 Å². The third-order valence-corrected chi connectivity index (χ3v) is 4.17. The third kappa shape index (κ3) is 2.58. The molecule has 2 aliphatic heterocycles. The molecule has 0 aromatic carbocycles. The van der Waals surface area contributed by atoms with Crippen LogP contribution < -0.4 is 5.32 Å². The van der Waals surface area contributed by atoms with E-state index >= 15 is 0 Å². The van der Waals surface area contributed by atoms with Gasteiger partial charge in [0, 0.05) is 26.7 Å². The summed E-state index contributed by atoms with van der Waals surface area (Å²) in [7, 11) is 1.58. The lowest BCUT2D eigenvalue weighted by molar-refractivity contribution is -0.222. The van der Waals surface area contributed by atoms with Crippen LogP contribution in [0, 0.1) is 5.41 Å². The zero-order chi connectivity index (χ0) is 14.1. The molecule has 0 radical (unpaired) electrons. The summed E-state index contributed by atoms with van der Waals surface area (Å²) in [6, 6.07) is 0. The summed E-state index contributed by atoms with van der Waals surface area (Å²) in [6.07, 6.45) is -3.41. The second-order valence-electron chi connectivity index (χ2n) is 5.23. The first-order chi connectivity index (χ1) is 8.90. The normalized spacial score (nSPS) is 29.8. The van der Waals surface area contributed by atoms with Gasteiger partial charge >= 0.3 is 6.18 Å². The molecule has 0 spiro atoms. The van der Waals surface area contributed by atoms with Crippen LogP contribution >= 0.6 is 0 Å². The Labute approximate surface area is 110 Å². The van der Waals surface area contributed by atoms with E-state index in [0.29, 0.717) is 25.9 Å². The molecule has 2 heterocycles. The molecule has 0 aromatic heterocycles. The molecule has 2 rings (SSSR count). The largest absolute Gasteiger partial charge is 0.404 e. The number of hydrogen-bond donors (Lipinski definition) is 1. The van der Waals surface area contributed by atoms with Crippen molar-refractivity contribution in [1.29, 1.82) is 0 Å². The summed E-state index contributed by atoms with van der Waals surface area (Å²) in [5, 5.41) is 2.67. The van der Waals surface area contributed by atoms with Crippen LogP contribution in [-0.2, 0) is 9.53 Å². The van der Waals surface area contributed by atoms with E-state index in [0.717, 1.165) is 0 Å². The standard InChI is InChI=1S/C12H19F3N2O2/c1-19-9-2-6-17(7-3-9)10(18)11(12(13,14)15)4-5-16-8-11/h9,16H,2-8H2,1H3. The van der Waals surface area contributed by atoms with Crippen LogP contribution in [0.1, 0.15) is 19.3 Å². The van der Waals surface area contributed by atoms with Gasteiger partial charge in [-0.2, -0.15) is 13.2 Å². The average Bonchev–Trinajstić information content (AvgIpc) is 2.88. The van der Waals surface area contributed by atoms with E-state index in [-0.39, 0.29) is 25.6 Å². The van der Waals surface area contributed by atoms with Crippen LogP contribution in [0.3, 0.4) is 0 Å². The van der Waals surface area contributed by atoms with Gasteiger partial charge in [0.1, 0.15) is 0 Å². The minimum atomic E-state index is -4.49. The van der Waals surface area contributed by atoms with E-state index in [4.69, 9.17) is 4.74 Å². The van der Waals surface area contributed by atoms with E-state index < -0.39 is 17.5 Å². The van der Waals surface area contributed by atoms with Gasteiger partial charge in [0.2, 0.25) is 5.91 Å². The minimum Gasteiger partial charge on any atom is -0.381 e. The number of piperidine rings is 1. The van der Waals surface area contributed by atoms with Crippen molar-refractivity contribution < 1.29 is 22.7 Å². The summed E-state index contributed by atoms with van der Waals surface area (Å²) in [5.74, 6) is -0.778. The summed E-state index contributed by atoms with van der Waals surface area (Å²) < 4.78 is 44.9. The van der Waals surface area contributed by atoms with E-state index in [1.807, 2.05) is 0 Å². The van der Waals surface area contributed by atoms with Gasteiger partial charge in [-0.1, -0.05) is 0 Å². The summed E-state index contributed by atoms with van der Waals surface area (Å²) in [4.78, 5) is 13.6. The van der Waals surface area contributed by atoms with Gasteiger partial charge in [-0.15, -0.1) is 0 Å². The van der Waals surface area contributed by atoms with Crippen LogP contribution in [0.5, 0.6) is 0 Å². The molecule has 1 unspecified atom stereocenters. The van der Waals surface area contributed by atoms with Crippen molar-refractivity contribution in [2.45, 2.75) is 31.5 Å². The number of methoxy groups -OCH3 is 1. The van der Waals surface area contributed by atoms with Gasteiger partial charge in [0.05, 0.1) is 6.10 Å². The maximum atomic E-state index is 13.3. The Morgan fingerprint density at radius 1 is 1.37 bits per heavy atom. The Morgan fingerprint density at radius 3 is 2.42 bits per heavy atom. The molecule has 7 heteroatoms. The summed E-state index contributed by atoms with van der Waals surface area (Å²) >= 11 is 0. The van der Waals surface area contributed by atoms with E-state index in [1.165, 1.54) is 4.90 Å².